The Balaban J connectivity index is 0.000000264. The van der Waals surface area contributed by atoms with Crippen molar-refractivity contribution in [1.82, 2.24) is 0 Å². The first kappa shape index (κ1) is 27.8. The molecule has 0 spiro atoms. The van der Waals surface area contributed by atoms with Gasteiger partial charge in [0.05, 0.1) is 0 Å². The van der Waals surface area contributed by atoms with Gasteiger partial charge in [-0.05, 0) is 87.1 Å². The van der Waals surface area contributed by atoms with Crippen LogP contribution in [0, 0.1) is 71.4 Å². The predicted octanol–water partition coefficient (Wildman–Crippen LogP) is 8.91. The molecule has 0 unspecified atom stereocenters. The van der Waals surface area contributed by atoms with Crippen molar-refractivity contribution in [2.75, 3.05) is 0 Å². The van der Waals surface area contributed by atoms with Gasteiger partial charge in [0.1, 0.15) is 0 Å². The van der Waals surface area contributed by atoms with Crippen molar-refractivity contribution in [3.63, 3.8) is 0 Å². The zero-order valence-corrected chi connectivity index (χ0v) is 22.9. The topological polar surface area (TPSA) is 17.1 Å². The fourth-order valence-corrected chi connectivity index (χ4v) is 8.48. The second kappa shape index (κ2) is 12.3. The van der Waals surface area contributed by atoms with Gasteiger partial charge in [0.15, 0.2) is 0 Å². The van der Waals surface area contributed by atoms with Gasteiger partial charge in [-0.1, -0.05) is 73.1 Å². The summed E-state index contributed by atoms with van der Waals surface area (Å²) in [5, 5.41) is 0. The van der Waals surface area contributed by atoms with E-state index in [4.69, 9.17) is 0 Å². The van der Waals surface area contributed by atoms with Crippen molar-refractivity contribution < 1.29 is 24.0 Å². The van der Waals surface area contributed by atoms with Gasteiger partial charge >= 0.3 is 19.5 Å². The molecule has 0 N–H and O–H groups in total. The van der Waals surface area contributed by atoms with Crippen LogP contribution in [-0.2, 0) is 24.0 Å². The van der Waals surface area contributed by atoms with E-state index in [1.807, 2.05) is 0 Å². The standard InChI is InChI=1S/C18H26OP.C10H15.Ru/c1-2-20(19)17(15-9-5-3-6-10-15)13-14-18(20)16-11-7-4-8-12-16;1-6-7(2)9(4)10(5)8(6)3;/h13-16H,1,3-12H2;1-5H3;/q-1;;+2. The van der Waals surface area contributed by atoms with Crippen molar-refractivity contribution in [2.45, 2.75) is 98.8 Å². The summed E-state index contributed by atoms with van der Waals surface area (Å²) in [7, 11) is -2.55. The SMILES string of the molecule is C=[C-]P1(=O)[C](C2CCCCC2)[CH][CH][C]1C1CCCCC1.C[C]1[C](C)[C](C)[C](C)[C]1C.[Ru+2]. The van der Waals surface area contributed by atoms with E-state index in [9.17, 15) is 4.57 Å². The van der Waals surface area contributed by atoms with E-state index in [-0.39, 0.29) is 19.5 Å². The zero-order chi connectivity index (χ0) is 21.9. The van der Waals surface area contributed by atoms with Crippen molar-refractivity contribution in [2.24, 2.45) is 11.8 Å². The summed E-state index contributed by atoms with van der Waals surface area (Å²) in [5.74, 6) is 11.4. The maximum Gasteiger partial charge on any atom is 2.00 e. The van der Waals surface area contributed by atoms with Gasteiger partial charge in [0, 0.05) is 11.3 Å². The van der Waals surface area contributed by atoms with Crippen molar-refractivity contribution in [3.8, 4) is 0 Å². The molecule has 171 valence electrons. The maximum atomic E-state index is 13.5. The predicted molar refractivity (Wildman–Crippen MR) is 129 cm³/mol. The minimum atomic E-state index is -2.55. The van der Waals surface area contributed by atoms with Gasteiger partial charge in [0.25, 0.3) is 0 Å². The molecular weight excluding hydrogens is 484 g/mol. The van der Waals surface area contributed by atoms with Crippen LogP contribution in [0.3, 0.4) is 0 Å². The van der Waals surface area contributed by atoms with Gasteiger partial charge < -0.3 is 10.4 Å². The summed E-state index contributed by atoms with van der Waals surface area (Å²) in [6.45, 7) is 14.8. The Bertz CT molecular complexity index is 517. The Morgan fingerprint density at radius 1 is 0.677 bits per heavy atom. The summed E-state index contributed by atoms with van der Waals surface area (Å²) in [6, 6.07) is 0. The molecule has 0 atom stereocenters. The molecule has 4 fully saturated rings. The number of rotatable bonds is 3. The van der Waals surface area contributed by atoms with Crippen molar-refractivity contribution in [1.29, 1.82) is 0 Å². The fraction of sp³-hybridized carbons (Fsp3) is 0.607. The molecule has 3 aliphatic carbocycles. The first-order valence-corrected chi connectivity index (χ1v) is 13.8. The molecule has 0 amide bonds. The summed E-state index contributed by atoms with van der Waals surface area (Å²) in [6.07, 6.45) is 17.0. The number of hydrogen-bond donors (Lipinski definition) is 0. The molecule has 31 heavy (non-hydrogen) atoms. The number of hydrogen-bond acceptors (Lipinski definition) is 1. The Morgan fingerprint density at radius 2 is 0.968 bits per heavy atom. The summed E-state index contributed by atoms with van der Waals surface area (Å²) in [4.78, 5) is 0. The summed E-state index contributed by atoms with van der Waals surface area (Å²) >= 11 is 0. The van der Waals surface area contributed by atoms with Crippen molar-refractivity contribution in [3.05, 3.63) is 66.1 Å². The van der Waals surface area contributed by atoms with Crippen LogP contribution in [0.15, 0.2) is 6.58 Å². The molecular formula is C28H41OPRu+. The first-order valence-electron chi connectivity index (χ1n) is 12.1. The minimum Gasteiger partial charge on any atom is -0.432 e. The van der Waals surface area contributed by atoms with E-state index in [0.717, 1.165) is 0 Å². The quantitative estimate of drug-likeness (QED) is 0.204. The smallest absolute Gasteiger partial charge is 0.432 e. The van der Waals surface area contributed by atoms with Crippen LogP contribution in [0.2, 0.25) is 0 Å². The average molecular weight is 526 g/mol. The molecule has 1 heterocycles. The average Bonchev–Trinajstić information content (AvgIpc) is 3.22. The van der Waals surface area contributed by atoms with Crippen LogP contribution in [0.5, 0.6) is 0 Å². The van der Waals surface area contributed by atoms with E-state index in [1.54, 1.807) is 0 Å². The minimum absolute atomic E-state index is 0. The second-order valence-corrected chi connectivity index (χ2v) is 12.3. The molecule has 0 bridgehead atoms. The van der Waals surface area contributed by atoms with Gasteiger partial charge in [0.2, 0.25) is 0 Å². The Hall–Kier alpha value is 0.593. The largest absolute Gasteiger partial charge is 2.00 e. The zero-order valence-electron chi connectivity index (χ0n) is 20.3. The normalized spacial score (nSPS) is 28.9. The van der Waals surface area contributed by atoms with Gasteiger partial charge in [-0.3, -0.25) is 6.58 Å². The molecule has 3 saturated carbocycles. The molecule has 9 radical (unpaired) electrons. The van der Waals surface area contributed by atoms with Crippen LogP contribution in [0.25, 0.3) is 0 Å². The van der Waals surface area contributed by atoms with E-state index in [1.165, 1.54) is 105 Å². The Labute approximate surface area is 207 Å². The van der Waals surface area contributed by atoms with Crippen LogP contribution < -0.4 is 0 Å². The fourth-order valence-electron chi connectivity index (χ4n) is 5.70. The van der Waals surface area contributed by atoms with Crippen LogP contribution >= 0.6 is 7.14 Å². The van der Waals surface area contributed by atoms with E-state index in [0.29, 0.717) is 11.8 Å². The van der Waals surface area contributed by atoms with Crippen molar-refractivity contribution >= 4 is 7.14 Å². The third kappa shape index (κ3) is 5.99. The van der Waals surface area contributed by atoms with Gasteiger partial charge in [-0.15, -0.1) is 0 Å². The van der Waals surface area contributed by atoms with E-state index >= 15 is 0 Å². The van der Waals surface area contributed by atoms with Crippen LogP contribution in [-0.4, -0.2) is 0 Å². The van der Waals surface area contributed by atoms with E-state index in [2.05, 4.69) is 59.9 Å². The molecule has 4 aliphatic rings. The first-order chi connectivity index (χ1) is 14.3. The molecule has 1 aliphatic heterocycles. The summed E-state index contributed by atoms with van der Waals surface area (Å²) in [5.41, 5.74) is 2.38. The maximum absolute atomic E-state index is 13.5. The summed E-state index contributed by atoms with van der Waals surface area (Å²) < 4.78 is 13.5. The third-order valence-electron chi connectivity index (χ3n) is 8.23. The second-order valence-electron chi connectivity index (χ2n) is 9.75. The van der Waals surface area contributed by atoms with E-state index < -0.39 is 7.14 Å². The molecule has 3 heteroatoms. The molecule has 0 aromatic heterocycles. The molecule has 1 nitrogen and oxygen atoms in total. The van der Waals surface area contributed by atoms with Crippen LogP contribution in [0.4, 0.5) is 0 Å². The molecule has 4 rings (SSSR count). The monoisotopic (exact) mass is 526 g/mol. The molecule has 0 aromatic carbocycles. The molecule has 0 aromatic rings. The Morgan fingerprint density at radius 3 is 1.23 bits per heavy atom. The third-order valence-corrected chi connectivity index (χ3v) is 11.2. The van der Waals surface area contributed by atoms with Crippen LogP contribution in [0.1, 0.15) is 98.8 Å². The Kier molecular flexibility index (Phi) is 11.1. The van der Waals surface area contributed by atoms with Gasteiger partial charge in [-0.2, -0.15) is 0 Å². The molecule has 1 saturated heterocycles. The van der Waals surface area contributed by atoms with Gasteiger partial charge in [-0.25, -0.2) is 0 Å².